The van der Waals surface area contributed by atoms with Crippen molar-refractivity contribution in [2.75, 3.05) is 70.9 Å². The quantitative estimate of drug-likeness (QED) is 0.0340. The molecule has 1 fully saturated rings. The SMILES string of the molecule is CCC(C)CCCn1ncc(-c2ccc(N3CCc4cccc(C(=O)N/C(=N/C)SC)c4C3)nc2C(=O)NCCOCCOCCOCC#Cc2ccc3c(c2)CN(C2CCC(=O)NC2=O)C3=O)c1C. The first-order chi connectivity index (χ1) is 34.0. The van der Waals surface area contributed by atoms with Crippen LogP contribution >= 0.6 is 11.8 Å². The second-order valence-electron chi connectivity index (χ2n) is 17.5. The van der Waals surface area contributed by atoms with E-state index >= 15 is 0 Å². The highest BCUT2D eigenvalue weighted by Crippen LogP contribution is 2.32. The van der Waals surface area contributed by atoms with Crippen molar-refractivity contribution in [1.29, 1.82) is 0 Å². The van der Waals surface area contributed by atoms with Crippen LogP contribution in [0.25, 0.3) is 11.1 Å². The molecule has 0 aliphatic carbocycles. The van der Waals surface area contributed by atoms with E-state index in [-0.39, 0.29) is 55.5 Å². The molecule has 3 aliphatic rings. The van der Waals surface area contributed by atoms with Crippen molar-refractivity contribution in [1.82, 2.24) is 35.6 Å². The van der Waals surface area contributed by atoms with E-state index < -0.39 is 11.9 Å². The van der Waals surface area contributed by atoms with Gasteiger partial charge in [-0.05, 0) is 97.9 Å². The van der Waals surface area contributed by atoms with Crippen molar-refractivity contribution in [3.05, 3.63) is 99.5 Å². The molecule has 18 heteroatoms. The van der Waals surface area contributed by atoms with Crippen molar-refractivity contribution in [2.45, 2.75) is 85.0 Å². The van der Waals surface area contributed by atoms with Crippen LogP contribution in [0.3, 0.4) is 0 Å². The zero-order valence-corrected chi connectivity index (χ0v) is 41.5. The van der Waals surface area contributed by atoms with Crippen LogP contribution in [0.5, 0.6) is 0 Å². The molecule has 0 saturated carbocycles. The molecule has 2 unspecified atom stereocenters. The average molecular weight is 974 g/mol. The van der Waals surface area contributed by atoms with Crippen LogP contribution in [-0.4, -0.2) is 126 Å². The molecule has 70 heavy (non-hydrogen) atoms. The number of imide groups is 1. The minimum atomic E-state index is -0.661. The Kier molecular flexibility index (Phi) is 18.3. The minimum absolute atomic E-state index is 0.192. The molecule has 2 aromatic heterocycles. The Hall–Kier alpha value is -6.39. The van der Waals surface area contributed by atoms with Gasteiger partial charge in [0.05, 0.1) is 39.2 Å². The summed E-state index contributed by atoms with van der Waals surface area (Å²) in [6.45, 7) is 10.8. The number of amidine groups is 1. The Morgan fingerprint density at radius 2 is 1.74 bits per heavy atom. The predicted molar refractivity (Wildman–Crippen MR) is 269 cm³/mol. The number of pyridine rings is 1. The van der Waals surface area contributed by atoms with Crippen LogP contribution in [0.2, 0.25) is 0 Å². The standard InChI is InChI=1S/C52H63N9O8S/c1-6-34(2)10-8-22-61-35(3)42(31-55-61)40-16-18-45(59-23-20-37-12-7-13-41(43(37)33-59)48(63)58-52(53-4)70-5)56-47(40)50(65)54-21-25-68-27-29-69-28-26-67-24-9-11-36-14-15-39-38(30-36)32-60(51(39)66)44-17-19-46(62)57-49(44)64/h7,12-16,18,30-31,34,44H,6,8,10,17,19-29,32-33H2,1-5H3,(H,54,65)(H,53,58,63)(H,57,62,64). The maximum absolute atomic E-state index is 14.1. The Morgan fingerprint density at radius 1 is 0.957 bits per heavy atom. The van der Waals surface area contributed by atoms with Gasteiger partial charge in [0.2, 0.25) is 11.8 Å². The summed E-state index contributed by atoms with van der Waals surface area (Å²) in [4.78, 5) is 77.1. The van der Waals surface area contributed by atoms with Crippen LogP contribution in [0.1, 0.15) is 105 Å². The molecule has 4 aromatic rings. The van der Waals surface area contributed by atoms with Crippen molar-refractivity contribution in [3.8, 4) is 23.0 Å². The van der Waals surface area contributed by atoms with Crippen LogP contribution < -0.4 is 20.9 Å². The molecule has 0 bridgehead atoms. The van der Waals surface area contributed by atoms with Gasteiger partial charge in [0.1, 0.15) is 24.2 Å². The number of aliphatic imine (C=N–C) groups is 1. The number of benzene rings is 2. The molecule has 1 saturated heterocycles. The molecule has 3 aliphatic heterocycles. The summed E-state index contributed by atoms with van der Waals surface area (Å²) >= 11 is 1.37. The fourth-order valence-corrected chi connectivity index (χ4v) is 9.15. The third-order valence-corrected chi connectivity index (χ3v) is 13.6. The van der Waals surface area contributed by atoms with Crippen LogP contribution in [-0.2, 0) is 49.9 Å². The van der Waals surface area contributed by atoms with Crippen molar-refractivity contribution >= 4 is 52.3 Å². The summed E-state index contributed by atoms with van der Waals surface area (Å²) in [6.07, 6.45) is 8.19. The fourth-order valence-electron chi connectivity index (χ4n) is 8.77. The van der Waals surface area contributed by atoms with Gasteiger partial charge in [-0.15, -0.1) is 0 Å². The van der Waals surface area contributed by atoms with Crippen molar-refractivity contribution in [2.24, 2.45) is 10.9 Å². The summed E-state index contributed by atoms with van der Waals surface area (Å²) in [5.74, 6) is 5.81. The third-order valence-electron chi connectivity index (χ3n) is 12.9. The number of amides is 5. The molecule has 2 aromatic carbocycles. The number of aryl methyl sites for hydroxylation is 1. The highest BCUT2D eigenvalue weighted by molar-refractivity contribution is 8.13. The lowest BCUT2D eigenvalue weighted by Gasteiger charge is -2.31. The molecule has 3 N–H and O–H groups in total. The molecule has 370 valence electrons. The molecule has 0 radical (unpaired) electrons. The zero-order chi connectivity index (χ0) is 49.6. The maximum Gasteiger partial charge on any atom is 0.270 e. The number of nitrogens with zero attached hydrogens (tertiary/aromatic N) is 6. The highest BCUT2D eigenvalue weighted by atomic mass is 32.2. The van der Waals surface area contributed by atoms with Gasteiger partial charge < -0.3 is 34.6 Å². The number of anilines is 1. The number of hydrogen-bond acceptors (Lipinski definition) is 13. The first-order valence-corrected chi connectivity index (χ1v) is 25.2. The maximum atomic E-state index is 14.1. The molecular weight excluding hydrogens is 911 g/mol. The Balaban J connectivity index is 0.882. The molecule has 5 amide bonds. The highest BCUT2D eigenvalue weighted by Gasteiger charge is 2.39. The molecular formula is C52H63N9O8S. The van der Waals surface area contributed by atoms with Crippen LogP contribution in [0.15, 0.2) is 59.7 Å². The third kappa shape index (κ3) is 12.9. The van der Waals surface area contributed by atoms with Gasteiger partial charge in [-0.3, -0.25) is 39.0 Å². The monoisotopic (exact) mass is 973 g/mol. The van der Waals surface area contributed by atoms with Gasteiger partial charge in [-0.2, -0.15) is 5.10 Å². The largest absolute Gasteiger partial charge is 0.377 e. The van der Waals surface area contributed by atoms with E-state index in [0.29, 0.717) is 92.5 Å². The fraction of sp³-hybridized carbons (Fsp3) is 0.462. The van der Waals surface area contributed by atoms with E-state index in [1.165, 1.54) is 16.7 Å². The summed E-state index contributed by atoms with van der Waals surface area (Å²) in [7, 11) is 1.65. The Bertz CT molecular complexity index is 2660. The number of rotatable bonds is 20. The number of piperidine rings is 1. The van der Waals surface area contributed by atoms with E-state index in [1.807, 2.05) is 54.4 Å². The van der Waals surface area contributed by atoms with Crippen LogP contribution in [0.4, 0.5) is 5.82 Å². The van der Waals surface area contributed by atoms with E-state index in [0.717, 1.165) is 59.3 Å². The zero-order valence-electron chi connectivity index (χ0n) is 40.7. The van der Waals surface area contributed by atoms with Gasteiger partial charge in [0, 0.05) is 79.7 Å². The Labute approximate surface area is 413 Å². The second kappa shape index (κ2) is 24.9. The number of ether oxygens (including phenoxy) is 3. The van der Waals surface area contributed by atoms with E-state index in [4.69, 9.17) is 24.3 Å². The molecule has 7 rings (SSSR count). The smallest absolute Gasteiger partial charge is 0.270 e. The second-order valence-corrected chi connectivity index (χ2v) is 18.3. The number of carbonyl (C=O) groups excluding carboxylic acids is 5. The summed E-state index contributed by atoms with van der Waals surface area (Å²) in [5, 5.41) is 13.5. The summed E-state index contributed by atoms with van der Waals surface area (Å²) in [6, 6.07) is 14.4. The molecule has 5 heterocycles. The number of fused-ring (bicyclic) bond motifs is 2. The normalized spacial score (nSPS) is 16.0. The average Bonchev–Trinajstić information content (AvgIpc) is 3.90. The lowest BCUT2D eigenvalue weighted by molar-refractivity contribution is -0.136. The van der Waals surface area contributed by atoms with Gasteiger partial charge in [-0.25, -0.2) is 4.98 Å². The number of carbonyl (C=O) groups is 5. The predicted octanol–water partition coefficient (Wildman–Crippen LogP) is 5.31. The van der Waals surface area contributed by atoms with Gasteiger partial charge >= 0.3 is 0 Å². The van der Waals surface area contributed by atoms with Gasteiger partial charge in [0.15, 0.2) is 5.17 Å². The van der Waals surface area contributed by atoms with E-state index in [1.54, 1.807) is 19.2 Å². The first-order valence-electron chi connectivity index (χ1n) is 24.0. The van der Waals surface area contributed by atoms with Crippen LogP contribution in [0, 0.1) is 24.7 Å². The van der Waals surface area contributed by atoms with E-state index in [9.17, 15) is 24.0 Å². The van der Waals surface area contributed by atoms with Crippen molar-refractivity contribution in [3.63, 3.8) is 0 Å². The molecule has 2 atom stereocenters. The minimum Gasteiger partial charge on any atom is -0.377 e. The van der Waals surface area contributed by atoms with Gasteiger partial charge in [0.25, 0.3) is 17.7 Å². The summed E-state index contributed by atoms with van der Waals surface area (Å²) < 4.78 is 19.1. The van der Waals surface area contributed by atoms with E-state index in [2.05, 4.69) is 57.6 Å². The molecule has 0 spiro atoms. The Morgan fingerprint density at radius 3 is 2.51 bits per heavy atom. The lowest BCUT2D eigenvalue weighted by atomic mass is 9.94. The molecule has 17 nitrogen and oxygen atoms in total. The number of thioether (sulfide) groups is 1. The first kappa shape index (κ1) is 51.5. The summed E-state index contributed by atoms with van der Waals surface area (Å²) in [5.41, 5.74) is 7.47. The lowest BCUT2D eigenvalue weighted by Crippen LogP contribution is -2.52. The van der Waals surface area contributed by atoms with Gasteiger partial charge in [-0.1, -0.05) is 56.0 Å². The topological polar surface area (TPSA) is 199 Å². The van der Waals surface area contributed by atoms with Crippen molar-refractivity contribution < 1.29 is 38.2 Å². The number of nitrogens with one attached hydrogen (secondary N) is 3. The number of aromatic nitrogens is 3. The number of hydrogen-bond donors (Lipinski definition) is 3.